The van der Waals surface area contributed by atoms with Crippen LogP contribution in [0.2, 0.25) is 0 Å². The van der Waals surface area contributed by atoms with Gasteiger partial charge in [0.2, 0.25) is 0 Å². The molecule has 20 heavy (non-hydrogen) atoms. The first kappa shape index (κ1) is 12.4. The second-order valence-electron chi connectivity index (χ2n) is 4.77. The van der Waals surface area contributed by atoms with Crippen molar-refractivity contribution in [3.05, 3.63) is 71.3 Å². The summed E-state index contributed by atoms with van der Waals surface area (Å²) in [7, 11) is 0. The highest BCUT2D eigenvalue weighted by Crippen LogP contribution is 2.20. The van der Waals surface area contributed by atoms with Crippen LogP contribution < -0.4 is 10.9 Å². The second kappa shape index (κ2) is 5.17. The van der Waals surface area contributed by atoms with Crippen LogP contribution in [0.1, 0.15) is 22.7 Å². The molecular weight excluding hydrogens is 250 g/mol. The van der Waals surface area contributed by atoms with Crippen LogP contribution in [0.4, 0.5) is 0 Å². The summed E-state index contributed by atoms with van der Waals surface area (Å²) in [6, 6.07) is 17.1. The van der Waals surface area contributed by atoms with Crippen LogP contribution >= 0.6 is 0 Å². The van der Waals surface area contributed by atoms with Crippen LogP contribution in [-0.2, 0) is 4.79 Å². The molecule has 0 saturated carbocycles. The van der Waals surface area contributed by atoms with Gasteiger partial charge in [-0.1, -0.05) is 60.2 Å². The van der Waals surface area contributed by atoms with Gasteiger partial charge in [-0.2, -0.15) is 0 Å². The summed E-state index contributed by atoms with van der Waals surface area (Å²) >= 11 is 0. The molecule has 100 valence electrons. The predicted octanol–water partition coefficient (Wildman–Crippen LogP) is 2.12. The molecule has 1 atom stereocenters. The molecule has 4 heteroatoms. The van der Waals surface area contributed by atoms with Crippen molar-refractivity contribution in [3.8, 4) is 0 Å². The number of hydrogen-bond acceptors (Lipinski definition) is 3. The number of benzene rings is 2. The topological polar surface area (TPSA) is 53.5 Å². The normalized spacial score (nSPS) is 17.9. The lowest BCUT2D eigenvalue weighted by Crippen LogP contribution is -2.48. The maximum Gasteiger partial charge on any atom is 0.267 e. The number of amidine groups is 1. The molecule has 0 spiro atoms. The Labute approximate surface area is 117 Å². The van der Waals surface area contributed by atoms with Gasteiger partial charge in [-0.15, -0.1) is 0 Å². The number of carbonyl (C=O) groups excluding carboxylic acids is 1. The van der Waals surface area contributed by atoms with Gasteiger partial charge in [-0.25, -0.2) is 4.99 Å². The Balaban J connectivity index is 1.96. The van der Waals surface area contributed by atoms with Gasteiger partial charge < -0.3 is 0 Å². The zero-order valence-electron chi connectivity index (χ0n) is 11.1. The van der Waals surface area contributed by atoms with E-state index in [0.29, 0.717) is 5.84 Å². The minimum absolute atomic E-state index is 0.146. The summed E-state index contributed by atoms with van der Waals surface area (Å²) in [5.41, 5.74) is 8.56. The van der Waals surface area contributed by atoms with Crippen LogP contribution in [0.25, 0.3) is 0 Å². The number of hydrazine groups is 1. The van der Waals surface area contributed by atoms with Crippen molar-refractivity contribution >= 4 is 11.7 Å². The minimum atomic E-state index is -0.506. The van der Waals surface area contributed by atoms with Crippen LogP contribution in [0, 0.1) is 6.92 Å². The highest BCUT2D eigenvalue weighted by molar-refractivity contribution is 6.03. The van der Waals surface area contributed by atoms with E-state index in [1.165, 1.54) is 5.56 Å². The summed E-state index contributed by atoms with van der Waals surface area (Å²) in [6.45, 7) is 2.04. The molecule has 0 radical (unpaired) electrons. The molecule has 2 aromatic carbocycles. The zero-order chi connectivity index (χ0) is 13.9. The molecule has 0 saturated heterocycles. The first-order valence-electron chi connectivity index (χ1n) is 6.50. The van der Waals surface area contributed by atoms with Crippen molar-refractivity contribution in [2.75, 3.05) is 0 Å². The number of nitrogens with zero attached hydrogens (tertiary/aromatic N) is 1. The maximum atomic E-state index is 11.9. The largest absolute Gasteiger partial charge is 0.282 e. The quantitative estimate of drug-likeness (QED) is 0.874. The molecule has 0 aromatic heterocycles. The average molecular weight is 265 g/mol. The Morgan fingerprint density at radius 3 is 2.35 bits per heavy atom. The van der Waals surface area contributed by atoms with E-state index in [9.17, 15) is 4.79 Å². The van der Waals surface area contributed by atoms with Crippen molar-refractivity contribution in [2.45, 2.75) is 13.0 Å². The number of carbonyl (C=O) groups is 1. The number of nitrogens with one attached hydrogen (secondary N) is 2. The Kier molecular flexibility index (Phi) is 3.21. The molecule has 1 aliphatic heterocycles. The number of aliphatic imine (C=N–C) groups is 1. The molecule has 2 aromatic rings. The molecule has 1 aliphatic rings. The molecular formula is C16H15N3O. The van der Waals surface area contributed by atoms with Gasteiger partial charge in [0.15, 0.2) is 6.04 Å². The Hall–Kier alpha value is -2.62. The minimum Gasteiger partial charge on any atom is -0.282 e. The van der Waals surface area contributed by atoms with Gasteiger partial charge in [0.05, 0.1) is 0 Å². The third-order valence-corrected chi connectivity index (χ3v) is 3.25. The van der Waals surface area contributed by atoms with Crippen molar-refractivity contribution in [1.82, 2.24) is 10.9 Å². The fraction of sp³-hybridized carbons (Fsp3) is 0.125. The lowest BCUT2D eigenvalue weighted by atomic mass is 10.1. The predicted molar refractivity (Wildman–Crippen MR) is 78.2 cm³/mol. The monoisotopic (exact) mass is 265 g/mol. The van der Waals surface area contributed by atoms with Crippen LogP contribution in [0.3, 0.4) is 0 Å². The first-order chi connectivity index (χ1) is 9.74. The van der Waals surface area contributed by atoms with E-state index in [0.717, 1.165) is 11.1 Å². The Morgan fingerprint density at radius 1 is 0.950 bits per heavy atom. The van der Waals surface area contributed by atoms with Gasteiger partial charge in [0.1, 0.15) is 5.84 Å². The third kappa shape index (κ3) is 2.40. The van der Waals surface area contributed by atoms with Crippen molar-refractivity contribution in [2.24, 2.45) is 4.99 Å². The summed E-state index contributed by atoms with van der Waals surface area (Å²) < 4.78 is 0. The van der Waals surface area contributed by atoms with E-state index < -0.39 is 6.04 Å². The fourth-order valence-corrected chi connectivity index (χ4v) is 2.13. The summed E-state index contributed by atoms with van der Waals surface area (Å²) in [6.07, 6.45) is 0. The van der Waals surface area contributed by atoms with E-state index in [1.54, 1.807) is 0 Å². The van der Waals surface area contributed by atoms with E-state index >= 15 is 0 Å². The van der Waals surface area contributed by atoms with Gasteiger partial charge in [-0.05, 0) is 12.5 Å². The molecule has 2 N–H and O–H groups in total. The number of aryl methyl sites for hydroxylation is 1. The third-order valence-electron chi connectivity index (χ3n) is 3.25. The summed E-state index contributed by atoms with van der Waals surface area (Å²) in [5, 5.41) is 0. The van der Waals surface area contributed by atoms with E-state index in [1.807, 2.05) is 61.5 Å². The SMILES string of the molecule is Cc1ccc(C2=NC(c3ccccc3)C(=O)NN2)cc1. The van der Waals surface area contributed by atoms with E-state index in [-0.39, 0.29) is 5.91 Å². The first-order valence-corrected chi connectivity index (χ1v) is 6.50. The number of hydrogen-bond donors (Lipinski definition) is 2. The maximum absolute atomic E-state index is 11.9. The van der Waals surface area contributed by atoms with Crippen LogP contribution in [-0.4, -0.2) is 11.7 Å². The standard InChI is InChI=1S/C16H15N3O/c1-11-7-9-13(10-8-11)15-17-14(16(20)19-18-15)12-5-3-2-4-6-12/h2-10,14H,1H3,(H,17,18)(H,19,20). The Morgan fingerprint density at radius 2 is 1.65 bits per heavy atom. The molecule has 1 heterocycles. The second-order valence-corrected chi connectivity index (χ2v) is 4.77. The summed E-state index contributed by atoms with van der Waals surface area (Å²) in [4.78, 5) is 16.5. The molecule has 0 fully saturated rings. The van der Waals surface area contributed by atoms with Crippen molar-refractivity contribution in [1.29, 1.82) is 0 Å². The molecule has 4 nitrogen and oxygen atoms in total. The number of amides is 1. The lowest BCUT2D eigenvalue weighted by molar-refractivity contribution is -0.123. The summed E-state index contributed by atoms with van der Waals surface area (Å²) in [5.74, 6) is 0.533. The van der Waals surface area contributed by atoms with Gasteiger partial charge >= 0.3 is 0 Å². The van der Waals surface area contributed by atoms with E-state index in [2.05, 4.69) is 15.8 Å². The van der Waals surface area contributed by atoms with Crippen molar-refractivity contribution < 1.29 is 4.79 Å². The molecule has 1 unspecified atom stereocenters. The molecule has 0 aliphatic carbocycles. The highest BCUT2D eigenvalue weighted by atomic mass is 16.2. The lowest BCUT2D eigenvalue weighted by Gasteiger charge is -2.22. The number of rotatable bonds is 2. The molecule has 3 rings (SSSR count). The van der Waals surface area contributed by atoms with E-state index in [4.69, 9.17) is 0 Å². The Bertz CT molecular complexity index is 647. The smallest absolute Gasteiger partial charge is 0.267 e. The highest BCUT2D eigenvalue weighted by Gasteiger charge is 2.24. The molecule has 0 bridgehead atoms. The van der Waals surface area contributed by atoms with Gasteiger partial charge in [-0.3, -0.25) is 15.6 Å². The van der Waals surface area contributed by atoms with Gasteiger partial charge in [0, 0.05) is 5.56 Å². The van der Waals surface area contributed by atoms with Crippen molar-refractivity contribution in [3.63, 3.8) is 0 Å². The zero-order valence-corrected chi connectivity index (χ0v) is 11.1. The fourth-order valence-electron chi connectivity index (χ4n) is 2.13. The van der Waals surface area contributed by atoms with Gasteiger partial charge in [0.25, 0.3) is 5.91 Å². The molecule has 1 amide bonds. The average Bonchev–Trinajstić information content (AvgIpc) is 2.50. The van der Waals surface area contributed by atoms with Crippen LogP contribution in [0.15, 0.2) is 59.6 Å². The van der Waals surface area contributed by atoms with Crippen LogP contribution in [0.5, 0.6) is 0 Å².